The number of benzene rings is 1. The Morgan fingerprint density at radius 2 is 0.953 bits per heavy atom. The van der Waals surface area contributed by atoms with E-state index in [0.717, 1.165) is 18.8 Å². The van der Waals surface area contributed by atoms with E-state index in [4.69, 9.17) is 12.2 Å². The van der Waals surface area contributed by atoms with Gasteiger partial charge in [0.1, 0.15) is 0 Å². The zero-order valence-corrected chi connectivity index (χ0v) is 27.6. The van der Waals surface area contributed by atoms with Crippen molar-refractivity contribution in [2.24, 2.45) is 0 Å². The third kappa shape index (κ3) is 16.0. The molecule has 1 amide bonds. The van der Waals surface area contributed by atoms with E-state index in [-0.39, 0.29) is 111 Å². The predicted molar refractivity (Wildman–Crippen MR) is 155 cm³/mol. The van der Waals surface area contributed by atoms with Crippen molar-refractivity contribution in [1.29, 1.82) is 0 Å². The molecule has 2 N–H and O–H groups in total. The Balaban J connectivity index is 0.00000924. The maximum Gasteiger partial charge on any atom is 3.00 e. The molecule has 43 heavy (non-hydrogen) atoms. The summed E-state index contributed by atoms with van der Waals surface area (Å²) in [5.74, 6) is -4.12. The first-order valence-corrected chi connectivity index (χ1v) is 14.3. The summed E-state index contributed by atoms with van der Waals surface area (Å²) in [6, 6.07) is 7.12. The molecule has 1 aromatic rings. The van der Waals surface area contributed by atoms with Crippen LogP contribution in [0.2, 0.25) is 0 Å². The third-order valence-corrected chi connectivity index (χ3v) is 7.19. The Kier molecular flexibility index (Phi) is 18.9. The van der Waals surface area contributed by atoms with Gasteiger partial charge in [0.15, 0.2) is 5.11 Å². The van der Waals surface area contributed by atoms with Crippen LogP contribution in [0, 0.1) is 39.9 Å². The number of nitrogens with zero attached hydrogens (tertiary/aromatic N) is 5. The van der Waals surface area contributed by atoms with Crippen LogP contribution >= 0.6 is 12.2 Å². The van der Waals surface area contributed by atoms with Crippen LogP contribution in [-0.2, 0) is 19.2 Å². The van der Waals surface area contributed by atoms with Crippen molar-refractivity contribution < 1.29 is 74.4 Å². The predicted octanol–water partition coefficient (Wildman–Crippen LogP) is -3.86. The normalized spacial score (nSPS) is 16.1. The monoisotopic (exact) mass is 764 g/mol. The summed E-state index contributed by atoms with van der Waals surface area (Å²) in [5, 5.41) is 40.5. The first-order valence-electron chi connectivity index (χ1n) is 13.9. The Labute approximate surface area is 290 Å². The molecule has 239 valence electrons. The van der Waals surface area contributed by atoms with Crippen LogP contribution < -0.4 is 26.0 Å². The Hall–Kier alpha value is -2.05. The fraction of sp³-hybridized carbons (Fsp3) is 0.593. The number of amides is 1. The van der Waals surface area contributed by atoms with Crippen molar-refractivity contribution in [1.82, 2.24) is 24.5 Å². The van der Waals surface area contributed by atoms with Crippen LogP contribution in [0.4, 0.5) is 11.4 Å². The molecule has 1 aliphatic rings. The summed E-state index contributed by atoms with van der Waals surface area (Å²) in [6.45, 7) is 6.60. The van der Waals surface area contributed by atoms with Crippen molar-refractivity contribution in [3.05, 3.63) is 24.3 Å². The van der Waals surface area contributed by atoms with E-state index in [1.165, 1.54) is 0 Å². The summed E-state index contributed by atoms with van der Waals surface area (Å²) in [7, 11) is 0. The van der Waals surface area contributed by atoms with Gasteiger partial charge in [-0.1, -0.05) is 0 Å². The minimum Gasteiger partial charge on any atom is -0.549 e. The summed E-state index contributed by atoms with van der Waals surface area (Å²) in [4.78, 5) is 55.4. The minimum atomic E-state index is -1.29. The van der Waals surface area contributed by atoms with Crippen molar-refractivity contribution in [3.63, 3.8) is 0 Å². The molecule has 1 aliphatic heterocycles. The van der Waals surface area contributed by atoms with Gasteiger partial charge in [-0.2, -0.15) is 0 Å². The molecule has 2 rings (SSSR count). The molecule has 0 saturated carbocycles. The van der Waals surface area contributed by atoms with Crippen molar-refractivity contribution in [2.45, 2.75) is 13.8 Å². The molecule has 16 heteroatoms. The van der Waals surface area contributed by atoms with Crippen LogP contribution in [0.3, 0.4) is 0 Å². The quantitative estimate of drug-likeness (QED) is 0.198. The summed E-state index contributed by atoms with van der Waals surface area (Å²) >= 11 is 5.42. The molecular weight excluding hydrogens is 724 g/mol. The maximum atomic E-state index is 13.0. The zero-order valence-electron chi connectivity index (χ0n) is 24.6. The van der Waals surface area contributed by atoms with E-state index < -0.39 is 17.9 Å². The molecule has 0 bridgehead atoms. The number of hydrogen-bond donors (Lipinski definition) is 2. The SMILES string of the molecule is CCN(CC)C(=S)Nc1ccc(NC(=O)CN2CCN(CC(=O)[O-])CCN(CC(=O)[O-])CCN(CC(=O)[O-])CC2)cc1.[Gd+3]. The smallest absolute Gasteiger partial charge is 0.549 e. The van der Waals surface area contributed by atoms with Crippen LogP contribution in [0.5, 0.6) is 0 Å². The van der Waals surface area contributed by atoms with Gasteiger partial charge in [0, 0.05) is 96.5 Å². The van der Waals surface area contributed by atoms with Crippen molar-refractivity contribution in [3.8, 4) is 0 Å². The molecule has 14 nitrogen and oxygen atoms in total. The zero-order chi connectivity index (χ0) is 31.1. The van der Waals surface area contributed by atoms with Gasteiger partial charge >= 0.3 is 39.9 Å². The number of hydrogen-bond acceptors (Lipinski definition) is 12. The second-order valence-electron chi connectivity index (χ2n) is 9.95. The first-order chi connectivity index (χ1) is 20.0. The molecule has 0 unspecified atom stereocenters. The van der Waals surface area contributed by atoms with Gasteiger partial charge in [0.2, 0.25) is 5.91 Å². The number of thiocarbonyl (C=S) groups is 1. The fourth-order valence-corrected chi connectivity index (χ4v) is 4.89. The number of nitrogens with one attached hydrogen (secondary N) is 2. The topological polar surface area (TPSA) is 178 Å². The van der Waals surface area contributed by atoms with Crippen molar-refractivity contribution >= 4 is 52.5 Å². The summed E-state index contributed by atoms with van der Waals surface area (Å²) < 4.78 is 0. The maximum absolute atomic E-state index is 13.0. The number of carboxylic acids is 3. The van der Waals surface area contributed by atoms with E-state index >= 15 is 0 Å². The Bertz CT molecular complexity index is 1030. The molecule has 0 aliphatic carbocycles. The van der Waals surface area contributed by atoms with Crippen LogP contribution in [0.15, 0.2) is 24.3 Å². The molecule has 0 spiro atoms. The van der Waals surface area contributed by atoms with E-state index in [1.807, 2.05) is 23.6 Å². The average molecular weight is 764 g/mol. The number of carboxylic acid groups (broad SMARTS) is 3. The first kappa shape index (κ1) is 39.0. The number of rotatable bonds is 12. The van der Waals surface area contributed by atoms with Gasteiger partial charge in [-0.15, -0.1) is 0 Å². The fourth-order valence-electron chi connectivity index (χ4n) is 4.51. The van der Waals surface area contributed by atoms with Crippen LogP contribution in [0.1, 0.15) is 13.8 Å². The molecule has 1 fully saturated rings. The number of anilines is 2. The third-order valence-electron chi connectivity index (χ3n) is 6.83. The molecule has 1 heterocycles. The van der Waals surface area contributed by atoms with E-state index in [2.05, 4.69) is 10.6 Å². The van der Waals surface area contributed by atoms with Gasteiger partial charge in [0.05, 0.1) is 24.5 Å². The number of carbonyl (C=O) groups excluding carboxylic acids is 4. The molecular formula is C27H40GdN7O7S. The second kappa shape index (κ2) is 20.8. The van der Waals surface area contributed by atoms with Gasteiger partial charge in [-0.05, 0) is 50.3 Å². The van der Waals surface area contributed by atoms with E-state index in [9.17, 15) is 34.5 Å². The van der Waals surface area contributed by atoms with Crippen LogP contribution in [0.25, 0.3) is 0 Å². The largest absolute Gasteiger partial charge is 3.00 e. The van der Waals surface area contributed by atoms with E-state index in [0.29, 0.717) is 23.9 Å². The van der Waals surface area contributed by atoms with Gasteiger partial charge in [-0.25, -0.2) is 0 Å². The van der Waals surface area contributed by atoms with Gasteiger partial charge in [-0.3, -0.25) is 24.4 Å². The average Bonchev–Trinajstić information content (AvgIpc) is 2.91. The summed E-state index contributed by atoms with van der Waals surface area (Å²) in [5.41, 5.74) is 1.37. The summed E-state index contributed by atoms with van der Waals surface area (Å²) in [6.07, 6.45) is 0. The second-order valence-corrected chi connectivity index (χ2v) is 10.3. The van der Waals surface area contributed by atoms with Crippen LogP contribution in [-0.4, -0.2) is 145 Å². The molecule has 1 radical (unpaired) electrons. The van der Waals surface area contributed by atoms with Gasteiger partial charge < -0.3 is 45.2 Å². The van der Waals surface area contributed by atoms with E-state index in [1.54, 1.807) is 39.0 Å². The van der Waals surface area contributed by atoms with Gasteiger partial charge in [0.25, 0.3) is 0 Å². The number of carbonyl (C=O) groups is 4. The molecule has 0 atom stereocenters. The Morgan fingerprint density at radius 3 is 1.26 bits per heavy atom. The molecule has 0 aromatic heterocycles. The molecule has 1 aromatic carbocycles. The Morgan fingerprint density at radius 1 is 0.651 bits per heavy atom. The minimum absolute atomic E-state index is 0. The standard InChI is InChI=1S/C27H43N7O7S.Gd/c1-3-34(4-2)27(42)29-22-7-5-21(6-8-22)28-23(35)17-30-9-11-31(18-24(36)37)13-15-33(20-26(40)41)16-14-32(12-10-30)19-25(38)39;/h5-8H,3-4,9-20H2,1-2H3,(H,28,35)(H,29,42)(H,36,37)(H,38,39)(H,40,41);/q;+3/p-3. The number of aliphatic carboxylic acids is 3. The van der Waals surface area contributed by atoms with Crippen molar-refractivity contribution in [2.75, 3.05) is 102 Å². The molecule has 1 saturated heterocycles.